The standard InChI is InChI=1S/C20H27FN4O3S2/c1-22-30(28)25(8-10-26)20-18(27)7-5-14(19(20)21)4-6-15-16-12-24(13-17(15)16)29-11-9-23(2)3/h5,7,10,15-17,22,27H,8-9,11-13H2,1-3H3. The Morgan fingerprint density at radius 3 is 2.70 bits per heavy atom. The van der Waals surface area contributed by atoms with Crippen molar-refractivity contribution in [3.8, 4) is 17.6 Å². The summed E-state index contributed by atoms with van der Waals surface area (Å²) in [5.41, 5.74) is -0.171. The molecule has 1 aromatic carbocycles. The lowest BCUT2D eigenvalue weighted by molar-refractivity contribution is -0.106. The summed E-state index contributed by atoms with van der Waals surface area (Å²) in [7, 11) is 5.55. The van der Waals surface area contributed by atoms with Gasteiger partial charge in [0, 0.05) is 31.3 Å². The topological polar surface area (TPSA) is 76.1 Å². The van der Waals surface area contributed by atoms with E-state index in [4.69, 9.17) is 0 Å². The smallest absolute Gasteiger partial charge is 0.196 e. The zero-order valence-corrected chi connectivity index (χ0v) is 18.9. The predicted octanol–water partition coefficient (Wildman–Crippen LogP) is 1.07. The molecule has 7 nitrogen and oxygen atoms in total. The second-order valence-corrected chi connectivity index (χ2v) is 10.1. The van der Waals surface area contributed by atoms with Crippen LogP contribution in [-0.2, 0) is 16.0 Å². The van der Waals surface area contributed by atoms with Crippen molar-refractivity contribution in [3.63, 3.8) is 0 Å². The molecular weight excluding hydrogens is 427 g/mol. The predicted molar refractivity (Wildman–Crippen MR) is 119 cm³/mol. The van der Waals surface area contributed by atoms with Crippen molar-refractivity contribution < 1.29 is 18.5 Å². The van der Waals surface area contributed by atoms with Gasteiger partial charge in [-0.1, -0.05) is 23.8 Å². The van der Waals surface area contributed by atoms with Crippen LogP contribution in [-0.4, -0.2) is 77.9 Å². The Hall–Kier alpha value is -1.64. The first-order chi connectivity index (χ1) is 14.4. The van der Waals surface area contributed by atoms with Crippen LogP contribution in [0, 0.1) is 35.4 Å². The van der Waals surface area contributed by atoms with Crippen molar-refractivity contribution >= 4 is 35.1 Å². The number of phenolic OH excluding ortho intramolecular Hbond substituents is 1. The Bertz CT molecular complexity index is 862. The lowest BCUT2D eigenvalue weighted by atomic mass is 10.1. The van der Waals surface area contributed by atoms with Gasteiger partial charge in [-0.15, -0.1) is 0 Å². The van der Waals surface area contributed by atoms with E-state index in [0.29, 0.717) is 18.1 Å². The number of nitrogens with zero attached hydrogens (tertiary/aromatic N) is 3. The summed E-state index contributed by atoms with van der Waals surface area (Å²) >= 11 is 0.00294. The lowest BCUT2D eigenvalue weighted by Crippen LogP contribution is -2.35. The number of piperidine rings is 1. The number of benzene rings is 1. The van der Waals surface area contributed by atoms with Crippen molar-refractivity contribution in [2.24, 2.45) is 17.8 Å². The van der Waals surface area contributed by atoms with Crippen LogP contribution in [0.1, 0.15) is 5.56 Å². The molecule has 3 unspecified atom stereocenters. The molecule has 1 aliphatic heterocycles. The maximum Gasteiger partial charge on any atom is 0.196 e. The number of aldehydes is 1. The second kappa shape index (κ2) is 10.1. The largest absolute Gasteiger partial charge is 0.506 e. The molecule has 3 atom stereocenters. The van der Waals surface area contributed by atoms with Gasteiger partial charge in [0.2, 0.25) is 0 Å². The minimum Gasteiger partial charge on any atom is -0.506 e. The molecule has 30 heavy (non-hydrogen) atoms. The molecule has 0 bridgehead atoms. The molecule has 164 valence electrons. The van der Waals surface area contributed by atoms with E-state index in [1.54, 1.807) is 0 Å². The zero-order chi connectivity index (χ0) is 21.8. The Kier molecular flexibility index (Phi) is 7.76. The number of carbonyl (C=O) groups excluding carboxylic acids is 1. The normalized spacial score (nSPS) is 23.6. The first kappa shape index (κ1) is 23.0. The highest BCUT2D eigenvalue weighted by molar-refractivity contribution is 7.97. The highest BCUT2D eigenvalue weighted by Gasteiger charge is 2.55. The fourth-order valence-electron chi connectivity index (χ4n) is 3.63. The van der Waals surface area contributed by atoms with E-state index in [1.807, 2.05) is 11.9 Å². The minimum atomic E-state index is -1.87. The van der Waals surface area contributed by atoms with E-state index in [9.17, 15) is 14.1 Å². The van der Waals surface area contributed by atoms with Gasteiger partial charge in [-0.05, 0) is 45.1 Å². The number of nitrogens with one attached hydrogen (secondary N) is 1. The molecule has 10 heteroatoms. The number of hydrogen-bond donors (Lipinski definition) is 2. The van der Waals surface area contributed by atoms with Crippen LogP contribution >= 0.6 is 11.9 Å². The van der Waals surface area contributed by atoms with E-state index in [2.05, 4.69) is 39.9 Å². The van der Waals surface area contributed by atoms with Crippen molar-refractivity contribution in [3.05, 3.63) is 23.5 Å². The molecule has 0 spiro atoms. The average Bonchev–Trinajstić information content (AvgIpc) is 3.16. The Labute approximate surface area is 183 Å². The fourth-order valence-corrected chi connectivity index (χ4v) is 5.64. The Balaban J connectivity index is 1.67. The van der Waals surface area contributed by atoms with Gasteiger partial charge < -0.3 is 14.8 Å². The Morgan fingerprint density at radius 2 is 2.10 bits per heavy atom. The highest BCUT2D eigenvalue weighted by atomic mass is 32.2. The third-order valence-corrected chi connectivity index (χ3v) is 7.42. The van der Waals surface area contributed by atoms with Gasteiger partial charge in [-0.3, -0.25) is 4.31 Å². The van der Waals surface area contributed by atoms with Crippen molar-refractivity contribution in [1.82, 2.24) is 13.9 Å². The van der Waals surface area contributed by atoms with Gasteiger partial charge >= 0.3 is 0 Å². The molecule has 1 saturated heterocycles. The van der Waals surface area contributed by atoms with E-state index in [-0.39, 0.29) is 23.7 Å². The Morgan fingerprint density at radius 1 is 1.40 bits per heavy atom. The first-order valence-corrected chi connectivity index (χ1v) is 11.8. The van der Waals surface area contributed by atoms with Crippen LogP contribution in [0.25, 0.3) is 0 Å². The van der Waals surface area contributed by atoms with Crippen LogP contribution < -0.4 is 9.03 Å². The maximum atomic E-state index is 15.0. The molecule has 1 saturated carbocycles. The summed E-state index contributed by atoms with van der Waals surface area (Å²) < 4.78 is 33.0. The van der Waals surface area contributed by atoms with Crippen LogP contribution in [0.4, 0.5) is 10.1 Å². The summed E-state index contributed by atoms with van der Waals surface area (Å²) in [5.74, 6) is 7.26. The number of anilines is 1. The number of fused-ring (bicyclic) bond motifs is 1. The third-order valence-electron chi connectivity index (χ3n) is 5.31. The fraction of sp³-hybridized carbons (Fsp3) is 0.550. The number of carbonyl (C=O) groups is 1. The van der Waals surface area contributed by atoms with Gasteiger partial charge in [0.25, 0.3) is 0 Å². The molecule has 2 fully saturated rings. The molecule has 1 aromatic rings. The van der Waals surface area contributed by atoms with Crippen LogP contribution in [0.2, 0.25) is 0 Å². The van der Waals surface area contributed by atoms with Crippen molar-refractivity contribution in [2.75, 3.05) is 57.4 Å². The molecule has 0 aromatic heterocycles. The first-order valence-electron chi connectivity index (χ1n) is 9.73. The summed E-state index contributed by atoms with van der Waals surface area (Å²) in [6.45, 7) is 2.71. The third kappa shape index (κ3) is 5.15. The minimum absolute atomic E-state index is 0.119. The molecule has 2 N–H and O–H groups in total. The monoisotopic (exact) mass is 454 g/mol. The van der Waals surface area contributed by atoms with Crippen molar-refractivity contribution in [2.45, 2.75) is 0 Å². The van der Waals surface area contributed by atoms with Gasteiger partial charge in [-0.25, -0.2) is 17.6 Å². The van der Waals surface area contributed by atoms with Gasteiger partial charge in [0.15, 0.2) is 17.0 Å². The quantitative estimate of drug-likeness (QED) is 0.330. The molecular formula is C20H27FN4O3S2. The van der Waals surface area contributed by atoms with Gasteiger partial charge in [0.05, 0.1) is 12.1 Å². The number of phenols is 1. The maximum absolute atomic E-state index is 15.0. The number of hydrogen-bond acceptors (Lipinski definition) is 6. The number of aromatic hydroxyl groups is 1. The van der Waals surface area contributed by atoms with E-state index < -0.39 is 22.7 Å². The van der Waals surface area contributed by atoms with Crippen LogP contribution in [0.5, 0.6) is 5.75 Å². The van der Waals surface area contributed by atoms with Crippen LogP contribution in [0.3, 0.4) is 0 Å². The molecule has 0 amide bonds. The highest BCUT2D eigenvalue weighted by Crippen LogP contribution is 2.52. The molecule has 3 rings (SSSR count). The summed E-state index contributed by atoms with van der Waals surface area (Å²) in [4.78, 5) is 13.1. The van der Waals surface area contributed by atoms with E-state index in [1.165, 1.54) is 19.2 Å². The number of halogens is 1. The zero-order valence-electron chi connectivity index (χ0n) is 17.3. The van der Waals surface area contributed by atoms with Crippen LogP contribution in [0.15, 0.2) is 12.1 Å². The van der Waals surface area contributed by atoms with E-state index in [0.717, 1.165) is 29.7 Å². The number of rotatable bonds is 9. The van der Waals surface area contributed by atoms with E-state index >= 15 is 4.39 Å². The molecule has 1 aliphatic carbocycles. The summed E-state index contributed by atoms with van der Waals surface area (Å²) in [5, 5.41) is 10.1. The summed E-state index contributed by atoms with van der Waals surface area (Å²) in [6, 6.07) is 2.72. The SMILES string of the molecule is CNS(=O)N(CC=O)c1c(O)ccc(C#CC2C3CN(SCCN(C)C)CC23)c1F. The molecule has 0 radical (unpaired) electrons. The molecule has 2 aliphatic rings. The van der Waals surface area contributed by atoms with Gasteiger partial charge in [0.1, 0.15) is 17.7 Å². The average molecular weight is 455 g/mol. The molecule has 1 heterocycles. The summed E-state index contributed by atoms with van der Waals surface area (Å²) in [6.07, 6.45) is 0.500. The second-order valence-electron chi connectivity index (χ2n) is 7.58. The lowest BCUT2D eigenvalue weighted by Gasteiger charge is -2.22. The van der Waals surface area contributed by atoms with Crippen molar-refractivity contribution in [1.29, 1.82) is 0 Å². The van der Waals surface area contributed by atoms with Gasteiger partial charge in [-0.2, -0.15) is 0 Å².